The number of rotatable bonds is 3. The van der Waals surface area contributed by atoms with Gasteiger partial charge in [0, 0.05) is 20.1 Å². The molecule has 0 spiro atoms. The Balaban J connectivity index is 0.00000180. The Kier molecular flexibility index (Phi) is 5.56. The van der Waals surface area contributed by atoms with Crippen molar-refractivity contribution in [2.45, 2.75) is 11.4 Å². The highest BCUT2D eigenvalue weighted by Gasteiger charge is 2.12. The summed E-state index contributed by atoms with van der Waals surface area (Å²) < 4.78 is 22.4. The smallest absolute Gasteiger partial charge is 0.238 e. The molecule has 0 bridgehead atoms. The molecule has 106 valence electrons. The number of benzene rings is 1. The van der Waals surface area contributed by atoms with E-state index in [1.54, 1.807) is 12.1 Å². The first kappa shape index (κ1) is 16.2. The first-order valence-electron chi connectivity index (χ1n) is 5.58. The lowest BCUT2D eigenvalue weighted by atomic mass is 10.2. The van der Waals surface area contributed by atoms with E-state index in [-0.39, 0.29) is 28.9 Å². The Bertz CT molecular complexity index is 574. The lowest BCUT2D eigenvalue weighted by Crippen LogP contribution is -2.35. The van der Waals surface area contributed by atoms with Crippen LogP contribution in [0, 0.1) is 0 Å². The molecule has 3 N–H and O–H groups in total. The van der Waals surface area contributed by atoms with E-state index < -0.39 is 10.0 Å². The molecular weight excluding hydrogens is 379 g/mol. The van der Waals surface area contributed by atoms with Gasteiger partial charge < -0.3 is 10.2 Å². The second-order valence-electron chi connectivity index (χ2n) is 4.17. The predicted octanol–water partition coefficient (Wildman–Crippen LogP) is 0.343. The third kappa shape index (κ3) is 4.32. The monoisotopic (exact) mass is 396 g/mol. The summed E-state index contributed by atoms with van der Waals surface area (Å²) >= 11 is 0. The Morgan fingerprint density at radius 3 is 2.79 bits per heavy atom. The maximum Gasteiger partial charge on any atom is 0.238 e. The van der Waals surface area contributed by atoms with Crippen LogP contribution in [0.4, 0.5) is 0 Å². The summed E-state index contributed by atoms with van der Waals surface area (Å²) in [6.45, 7) is 2.21. The molecule has 0 fully saturated rings. The van der Waals surface area contributed by atoms with E-state index in [1.807, 2.05) is 18.0 Å². The third-order valence-electron chi connectivity index (χ3n) is 2.74. The largest absolute Gasteiger partial charge is 0.352 e. The van der Waals surface area contributed by atoms with Gasteiger partial charge in [0.15, 0.2) is 5.96 Å². The zero-order valence-electron chi connectivity index (χ0n) is 10.5. The Morgan fingerprint density at radius 1 is 1.47 bits per heavy atom. The van der Waals surface area contributed by atoms with Gasteiger partial charge in [-0.15, -0.1) is 24.0 Å². The number of nitrogens with zero attached hydrogens (tertiary/aromatic N) is 2. The van der Waals surface area contributed by atoms with Crippen molar-refractivity contribution < 1.29 is 8.42 Å². The van der Waals surface area contributed by atoms with Crippen molar-refractivity contribution in [1.29, 1.82) is 0 Å². The van der Waals surface area contributed by atoms with Gasteiger partial charge in [-0.1, -0.05) is 12.1 Å². The standard InChI is InChI=1S/C11H16N4O2S.HI/c1-15-6-5-13-11(15)14-8-9-3-2-4-10(7-9)18(12,16)17;/h2-4,7H,5-6,8H2,1H3,(H,13,14)(H2,12,16,17);1H. The van der Waals surface area contributed by atoms with Gasteiger partial charge in [-0.3, -0.25) is 4.99 Å². The van der Waals surface area contributed by atoms with Gasteiger partial charge in [0.2, 0.25) is 10.0 Å². The number of aliphatic imine (C=N–C) groups is 1. The van der Waals surface area contributed by atoms with E-state index in [0.717, 1.165) is 24.6 Å². The summed E-state index contributed by atoms with van der Waals surface area (Å²) in [5.41, 5.74) is 0.851. The van der Waals surface area contributed by atoms with E-state index >= 15 is 0 Å². The Hall–Kier alpha value is -0.870. The molecule has 19 heavy (non-hydrogen) atoms. The summed E-state index contributed by atoms with van der Waals surface area (Å²) in [7, 11) is -1.68. The van der Waals surface area contributed by atoms with Gasteiger partial charge in [-0.05, 0) is 17.7 Å². The lowest BCUT2D eigenvalue weighted by Gasteiger charge is -2.15. The van der Waals surface area contributed by atoms with Crippen molar-refractivity contribution in [3.05, 3.63) is 29.8 Å². The van der Waals surface area contributed by atoms with Crippen molar-refractivity contribution in [3.8, 4) is 0 Å². The minimum atomic E-state index is -3.64. The Labute approximate surface area is 130 Å². The third-order valence-corrected chi connectivity index (χ3v) is 3.65. The number of nitrogens with one attached hydrogen (secondary N) is 1. The van der Waals surface area contributed by atoms with E-state index in [4.69, 9.17) is 5.14 Å². The number of hydrogen-bond acceptors (Lipinski definition) is 5. The highest BCUT2D eigenvalue weighted by Crippen LogP contribution is 2.09. The van der Waals surface area contributed by atoms with Gasteiger partial charge in [0.1, 0.15) is 0 Å². The molecule has 8 heteroatoms. The second-order valence-corrected chi connectivity index (χ2v) is 5.73. The molecule has 0 amide bonds. The molecule has 0 aromatic heterocycles. The van der Waals surface area contributed by atoms with E-state index in [1.165, 1.54) is 6.07 Å². The van der Waals surface area contributed by atoms with Gasteiger partial charge in [0.05, 0.1) is 11.4 Å². The average molecular weight is 396 g/mol. The molecule has 2 rings (SSSR count). The number of sulfonamides is 1. The highest BCUT2D eigenvalue weighted by atomic mass is 127. The van der Waals surface area contributed by atoms with E-state index in [0.29, 0.717) is 6.54 Å². The molecule has 0 aliphatic carbocycles. The number of hydrogen-bond donors (Lipinski definition) is 2. The van der Waals surface area contributed by atoms with Crippen LogP contribution in [0.5, 0.6) is 0 Å². The molecule has 1 aromatic carbocycles. The van der Waals surface area contributed by atoms with Crippen LogP contribution in [0.3, 0.4) is 0 Å². The first-order valence-corrected chi connectivity index (χ1v) is 7.12. The van der Waals surface area contributed by atoms with Gasteiger partial charge >= 0.3 is 0 Å². The molecule has 0 radical (unpaired) electrons. The van der Waals surface area contributed by atoms with Crippen LogP contribution in [0.2, 0.25) is 0 Å². The zero-order valence-corrected chi connectivity index (χ0v) is 13.7. The molecule has 1 aliphatic rings. The fraction of sp³-hybridized carbons (Fsp3) is 0.364. The first-order chi connectivity index (χ1) is 8.47. The number of halogens is 1. The second kappa shape index (κ2) is 6.53. The fourth-order valence-corrected chi connectivity index (χ4v) is 2.32. The van der Waals surface area contributed by atoms with Crippen LogP contribution >= 0.6 is 24.0 Å². The minimum absolute atomic E-state index is 0. The average Bonchev–Trinajstić information content (AvgIpc) is 2.72. The van der Waals surface area contributed by atoms with Crippen LogP contribution in [-0.4, -0.2) is 39.4 Å². The molecule has 1 heterocycles. The van der Waals surface area contributed by atoms with Crippen LogP contribution in [0.25, 0.3) is 0 Å². The number of guanidine groups is 1. The summed E-state index contributed by atoms with van der Waals surface area (Å²) in [6.07, 6.45) is 0. The van der Waals surface area contributed by atoms with Gasteiger partial charge in [0.25, 0.3) is 0 Å². The maximum absolute atomic E-state index is 11.2. The summed E-state index contributed by atoms with van der Waals surface area (Å²) in [6, 6.07) is 6.57. The number of likely N-dealkylation sites (N-methyl/N-ethyl adjacent to an activating group) is 1. The number of nitrogens with two attached hydrogens (primary N) is 1. The topological polar surface area (TPSA) is 87.8 Å². The minimum Gasteiger partial charge on any atom is -0.352 e. The molecular formula is C11H17IN4O2S. The molecule has 0 atom stereocenters. The molecule has 1 aliphatic heterocycles. The van der Waals surface area contributed by atoms with Crippen LogP contribution in [-0.2, 0) is 16.6 Å². The Morgan fingerprint density at radius 2 is 2.21 bits per heavy atom. The molecule has 1 aromatic rings. The van der Waals surface area contributed by atoms with Crippen molar-refractivity contribution in [1.82, 2.24) is 10.2 Å². The maximum atomic E-state index is 11.2. The van der Waals surface area contributed by atoms with Crippen LogP contribution in [0.15, 0.2) is 34.2 Å². The van der Waals surface area contributed by atoms with Gasteiger partial charge in [-0.25, -0.2) is 13.6 Å². The van der Waals surface area contributed by atoms with Crippen molar-refractivity contribution in [3.63, 3.8) is 0 Å². The van der Waals surface area contributed by atoms with E-state index in [2.05, 4.69) is 10.3 Å². The summed E-state index contributed by atoms with van der Waals surface area (Å²) in [4.78, 5) is 6.44. The number of primary sulfonamides is 1. The van der Waals surface area contributed by atoms with Crippen molar-refractivity contribution in [2.24, 2.45) is 10.1 Å². The quantitative estimate of drug-likeness (QED) is 0.722. The summed E-state index contributed by atoms with van der Waals surface area (Å²) in [5.74, 6) is 0.830. The molecule has 0 saturated carbocycles. The lowest BCUT2D eigenvalue weighted by molar-refractivity contribution is 0.534. The fourth-order valence-electron chi connectivity index (χ4n) is 1.74. The SMILES string of the molecule is CN1CCN=C1NCc1cccc(S(N)(=O)=O)c1.I. The molecule has 0 saturated heterocycles. The van der Waals surface area contributed by atoms with E-state index in [9.17, 15) is 8.42 Å². The normalized spacial score (nSPS) is 14.8. The van der Waals surface area contributed by atoms with Crippen molar-refractivity contribution in [2.75, 3.05) is 20.1 Å². The van der Waals surface area contributed by atoms with Crippen molar-refractivity contribution >= 4 is 40.0 Å². The summed E-state index contributed by atoms with van der Waals surface area (Å²) in [5, 5.41) is 8.25. The highest BCUT2D eigenvalue weighted by molar-refractivity contribution is 14.0. The molecule has 6 nitrogen and oxygen atoms in total. The molecule has 0 unspecified atom stereocenters. The predicted molar refractivity (Wildman–Crippen MR) is 85.0 cm³/mol. The van der Waals surface area contributed by atoms with Crippen LogP contribution in [0.1, 0.15) is 5.56 Å². The van der Waals surface area contributed by atoms with Gasteiger partial charge in [-0.2, -0.15) is 0 Å². The van der Waals surface area contributed by atoms with Crippen LogP contribution < -0.4 is 10.5 Å². The zero-order chi connectivity index (χ0) is 13.2.